The molecule has 0 fully saturated rings. The highest BCUT2D eigenvalue weighted by molar-refractivity contribution is 8.18. The number of nitrogens with zero attached hydrogens (tertiary/aromatic N) is 3. The molecule has 0 saturated carbocycles. The van der Waals surface area contributed by atoms with E-state index in [1.807, 2.05) is 48.5 Å². The van der Waals surface area contributed by atoms with E-state index >= 15 is 0 Å². The second kappa shape index (κ2) is 9.37. The first-order valence-electron chi connectivity index (χ1n) is 10.6. The molecule has 1 atom stereocenters. The van der Waals surface area contributed by atoms with E-state index in [4.69, 9.17) is 21.4 Å². The molecule has 1 amide bonds. The number of hydrogen-bond acceptors (Lipinski definition) is 6. The molecule has 1 N–H and O–H groups in total. The average Bonchev–Trinajstić information content (AvgIpc) is 3.45. The molecule has 170 valence electrons. The summed E-state index contributed by atoms with van der Waals surface area (Å²) in [6.07, 6.45) is 2.34. The smallest absolute Gasteiger partial charge is 0.286 e. The van der Waals surface area contributed by atoms with Crippen molar-refractivity contribution < 1.29 is 14.6 Å². The van der Waals surface area contributed by atoms with Crippen molar-refractivity contribution in [1.29, 1.82) is 0 Å². The molecule has 0 bridgehead atoms. The number of para-hydroxylation sites is 1. The van der Waals surface area contributed by atoms with Gasteiger partial charge in [-0.25, -0.2) is 5.01 Å². The number of rotatable bonds is 4. The van der Waals surface area contributed by atoms with Crippen LogP contribution in [-0.4, -0.2) is 34.0 Å². The Morgan fingerprint density at radius 3 is 2.53 bits per heavy atom. The molecule has 0 aromatic heterocycles. The number of hydrazone groups is 1. The minimum absolute atomic E-state index is 0.176. The van der Waals surface area contributed by atoms with Crippen molar-refractivity contribution >= 4 is 46.2 Å². The van der Waals surface area contributed by atoms with Gasteiger partial charge in [-0.3, -0.25) is 4.79 Å². The SMILES string of the molecule is COc1ccc(C2=NN(C3=NC(=O)/C(=C/c4ccc(Cl)cc4)S3)C(c3ccccc3O)C2)cc1. The Labute approximate surface area is 206 Å². The first-order valence-corrected chi connectivity index (χ1v) is 11.8. The lowest BCUT2D eigenvalue weighted by Crippen LogP contribution is -2.23. The van der Waals surface area contributed by atoms with Crippen LogP contribution in [-0.2, 0) is 4.79 Å². The predicted molar refractivity (Wildman–Crippen MR) is 136 cm³/mol. The van der Waals surface area contributed by atoms with Gasteiger partial charge in [-0.2, -0.15) is 10.1 Å². The molecule has 0 saturated heterocycles. The third kappa shape index (κ3) is 4.44. The Kier molecular flexibility index (Phi) is 6.13. The number of ether oxygens (including phenoxy) is 1. The molecule has 8 heteroatoms. The molecule has 5 rings (SSSR count). The number of benzene rings is 3. The summed E-state index contributed by atoms with van der Waals surface area (Å²) < 4.78 is 5.26. The van der Waals surface area contributed by atoms with Crippen molar-refractivity contribution in [3.8, 4) is 11.5 Å². The van der Waals surface area contributed by atoms with E-state index < -0.39 is 0 Å². The molecule has 2 aliphatic heterocycles. The van der Waals surface area contributed by atoms with Crippen LogP contribution in [0.5, 0.6) is 11.5 Å². The third-order valence-corrected chi connectivity index (χ3v) is 6.83. The number of methoxy groups -OCH3 is 1. The Morgan fingerprint density at radius 2 is 1.82 bits per heavy atom. The van der Waals surface area contributed by atoms with Crippen molar-refractivity contribution in [2.75, 3.05) is 7.11 Å². The van der Waals surface area contributed by atoms with E-state index in [-0.39, 0.29) is 17.7 Å². The molecule has 0 radical (unpaired) electrons. The number of thioether (sulfide) groups is 1. The Balaban J connectivity index is 1.48. The van der Waals surface area contributed by atoms with Gasteiger partial charge in [0.25, 0.3) is 5.91 Å². The highest BCUT2D eigenvalue weighted by atomic mass is 35.5. The summed E-state index contributed by atoms with van der Waals surface area (Å²) in [5.74, 6) is 0.615. The van der Waals surface area contributed by atoms with Crippen LogP contribution in [0.25, 0.3) is 6.08 Å². The summed E-state index contributed by atoms with van der Waals surface area (Å²) in [4.78, 5) is 17.5. The van der Waals surface area contributed by atoms with Crippen molar-refractivity contribution in [1.82, 2.24) is 5.01 Å². The van der Waals surface area contributed by atoms with Gasteiger partial charge in [0.05, 0.1) is 23.8 Å². The highest BCUT2D eigenvalue weighted by Gasteiger charge is 2.37. The molecule has 6 nitrogen and oxygen atoms in total. The van der Waals surface area contributed by atoms with Crippen LogP contribution in [0.15, 0.2) is 87.8 Å². The fourth-order valence-electron chi connectivity index (χ4n) is 3.86. The number of aromatic hydroxyl groups is 1. The van der Waals surface area contributed by atoms with Gasteiger partial charge in [-0.05, 0) is 71.4 Å². The zero-order chi connectivity index (χ0) is 23.7. The van der Waals surface area contributed by atoms with Crippen LogP contribution in [0.1, 0.15) is 29.2 Å². The molecule has 34 heavy (non-hydrogen) atoms. The topological polar surface area (TPSA) is 74.5 Å². The third-order valence-electron chi connectivity index (χ3n) is 5.60. The first kappa shape index (κ1) is 22.3. The van der Waals surface area contributed by atoms with Crippen molar-refractivity contribution in [3.05, 3.63) is 99.4 Å². The summed E-state index contributed by atoms with van der Waals surface area (Å²) in [7, 11) is 1.62. The zero-order valence-corrected chi connectivity index (χ0v) is 19.8. The molecule has 0 aliphatic carbocycles. The molecule has 3 aromatic rings. The number of carbonyl (C=O) groups excluding carboxylic acids is 1. The lowest BCUT2D eigenvalue weighted by molar-refractivity contribution is -0.113. The van der Waals surface area contributed by atoms with E-state index in [2.05, 4.69) is 4.99 Å². The lowest BCUT2D eigenvalue weighted by Gasteiger charge is -2.23. The number of carbonyl (C=O) groups is 1. The number of halogens is 1. The van der Waals surface area contributed by atoms with Crippen LogP contribution < -0.4 is 4.74 Å². The Morgan fingerprint density at radius 1 is 1.09 bits per heavy atom. The van der Waals surface area contributed by atoms with E-state index in [0.29, 0.717) is 21.5 Å². The maximum Gasteiger partial charge on any atom is 0.286 e. The van der Waals surface area contributed by atoms with Gasteiger partial charge in [0.1, 0.15) is 11.5 Å². The summed E-state index contributed by atoms with van der Waals surface area (Å²) in [6.45, 7) is 0. The number of hydrogen-bond donors (Lipinski definition) is 1. The fraction of sp³-hybridized carbons (Fsp3) is 0.115. The van der Waals surface area contributed by atoms with Crippen LogP contribution in [0.2, 0.25) is 5.02 Å². The Bertz CT molecular complexity index is 1330. The maximum atomic E-state index is 12.7. The molecule has 2 aliphatic rings. The summed E-state index contributed by atoms with van der Waals surface area (Å²) in [5.41, 5.74) is 3.36. The number of aliphatic imine (C=N–C) groups is 1. The van der Waals surface area contributed by atoms with Gasteiger partial charge < -0.3 is 9.84 Å². The molecule has 1 unspecified atom stereocenters. The second-order valence-electron chi connectivity index (χ2n) is 7.76. The summed E-state index contributed by atoms with van der Waals surface area (Å²) in [5, 5.41) is 18.2. The molecular weight excluding hydrogens is 470 g/mol. The van der Waals surface area contributed by atoms with Crippen LogP contribution >= 0.6 is 23.4 Å². The standard InChI is InChI=1S/C26H20ClN3O3S/c1-33-19-12-8-17(9-13-19)21-15-22(20-4-2-3-5-23(20)31)30(29-21)26-28-25(32)24(34-26)14-16-6-10-18(27)11-7-16/h2-14,22,31H,15H2,1H3/b24-14-. The van der Waals surface area contributed by atoms with E-state index in [9.17, 15) is 9.90 Å². The van der Waals surface area contributed by atoms with Gasteiger partial charge in [0.2, 0.25) is 0 Å². The number of phenols is 1. The number of amidine groups is 1. The predicted octanol–water partition coefficient (Wildman–Crippen LogP) is 5.88. The monoisotopic (exact) mass is 489 g/mol. The quantitative estimate of drug-likeness (QED) is 0.463. The lowest BCUT2D eigenvalue weighted by atomic mass is 9.98. The van der Waals surface area contributed by atoms with E-state index in [0.717, 1.165) is 28.2 Å². The average molecular weight is 490 g/mol. The zero-order valence-electron chi connectivity index (χ0n) is 18.2. The van der Waals surface area contributed by atoms with Crippen molar-refractivity contribution in [2.45, 2.75) is 12.5 Å². The van der Waals surface area contributed by atoms with Crippen LogP contribution in [0.4, 0.5) is 0 Å². The van der Waals surface area contributed by atoms with Crippen molar-refractivity contribution in [3.63, 3.8) is 0 Å². The maximum absolute atomic E-state index is 12.7. The molecule has 3 aromatic carbocycles. The second-order valence-corrected chi connectivity index (χ2v) is 9.21. The largest absolute Gasteiger partial charge is 0.508 e. The fourth-order valence-corrected chi connectivity index (χ4v) is 4.90. The molecular formula is C26H20ClN3O3S. The highest BCUT2D eigenvalue weighted by Crippen LogP contribution is 2.41. The first-order chi connectivity index (χ1) is 16.5. The minimum atomic E-state index is -0.320. The van der Waals surface area contributed by atoms with Crippen LogP contribution in [0, 0.1) is 0 Å². The summed E-state index contributed by atoms with van der Waals surface area (Å²) in [6, 6.07) is 21.8. The Hall–Kier alpha value is -3.55. The normalized spacial score (nSPS) is 18.9. The van der Waals surface area contributed by atoms with E-state index in [1.54, 1.807) is 42.5 Å². The van der Waals surface area contributed by atoms with Gasteiger partial charge in [0.15, 0.2) is 5.17 Å². The van der Waals surface area contributed by atoms with E-state index in [1.165, 1.54) is 11.8 Å². The summed E-state index contributed by atoms with van der Waals surface area (Å²) >= 11 is 7.24. The van der Waals surface area contributed by atoms with Gasteiger partial charge in [-0.15, -0.1) is 0 Å². The number of amides is 1. The number of phenolic OH excluding ortho intramolecular Hbond substituents is 1. The molecule has 2 heterocycles. The van der Waals surface area contributed by atoms with Gasteiger partial charge >= 0.3 is 0 Å². The minimum Gasteiger partial charge on any atom is -0.508 e. The van der Waals surface area contributed by atoms with Crippen LogP contribution in [0.3, 0.4) is 0 Å². The van der Waals surface area contributed by atoms with Crippen molar-refractivity contribution in [2.24, 2.45) is 10.1 Å². The van der Waals surface area contributed by atoms with Gasteiger partial charge in [0, 0.05) is 17.0 Å². The van der Waals surface area contributed by atoms with Gasteiger partial charge in [-0.1, -0.05) is 41.9 Å². The molecule has 0 spiro atoms.